The third-order valence-electron chi connectivity index (χ3n) is 5.06. The molecule has 1 rings (SSSR count). The van der Waals surface area contributed by atoms with E-state index in [9.17, 15) is 14.7 Å². The smallest absolute Gasteiger partial charge is 0.307 e. The number of carboxylic acid groups (broad SMARTS) is 1. The van der Waals surface area contributed by atoms with Gasteiger partial charge in [-0.1, -0.05) is 64.2 Å². The average molecular weight is 347 g/mol. The van der Waals surface area contributed by atoms with Gasteiger partial charge in [0.25, 0.3) is 0 Å². The summed E-state index contributed by atoms with van der Waals surface area (Å²) in [6.07, 6.45) is 4.71. The monoisotopic (exact) mass is 346 g/mol. The summed E-state index contributed by atoms with van der Waals surface area (Å²) in [5, 5.41) is 9.78. The van der Waals surface area contributed by atoms with Gasteiger partial charge in [0, 0.05) is 11.5 Å². The first-order valence-corrected chi connectivity index (χ1v) is 9.55. The molecule has 25 heavy (non-hydrogen) atoms. The van der Waals surface area contributed by atoms with Crippen molar-refractivity contribution >= 4 is 11.8 Å². The summed E-state index contributed by atoms with van der Waals surface area (Å²) >= 11 is 0. The summed E-state index contributed by atoms with van der Waals surface area (Å²) in [5.74, 6) is -1.93. The van der Waals surface area contributed by atoms with Crippen molar-refractivity contribution in [2.45, 2.75) is 73.6 Å². The fourth-order valence-corrected chi connectivity index (χ4v) is 3.93. The molecule has 3 nitrogen and oxygen atoms in total. The lowest BCUT2D eigenvalue weighted by Gasteiger charge is -2.27. The minimum Gasteiger partial charge on any atom is -0.481 e. The molecule has 0 aliphatic heterocycles. The molecule has 0 saturated carbocycles. The van der Waals surface area contributed by atoms with Crippen LogP contribution in [0.4, 0.5) is 0 Å². The van der Waals surface area contributed by atoms with Gasteiger partial charge < -0.3 is 5.11 Å². The molecule has 3 heteroatoms. The van der Waals surface area contributed by atoms with Crippen LogP contribution in [0.25, 0.3) is 0 Å². The van der Waals surface area contributed by atoms with E-state index in [4.69, 9.17) is 0 Å². The highest BCUT2D eigenvalue weighted by Gasteiger charge is 2.36. The predicted molar refractivity (Wildman–Crippen MR) is 103 cm³/mol. The number of ketones is 1. The normalized spacial score (nSPS) is 13.7. The number of aliphatic carboxylic acids is 1. The molecule has 0 bridgehead atoms. The van der Waals surface area contributed by atoms with Crippen LogP contribution in [0.5, 0.6) is 0 Å². The van der Waals surface area contributed by atoms with Crippen LogP contribution in [-0.2, 0) is 4.79 Å². The van der Waals surface area contributed by atoms with Crippen molar-refractivity contribution in [2.75, 3.05) is 0 Å². The molecule has 1 aromatic rings. The van der Waals surface area contributed by atoms with Gasteiger partial charge in [-0.25, -0.2) is 0 Å². The molecule has 0 amide bonds. The quantitative estimate of drug-likeness (QED) is 0.434. The van der Waals surface area contributed by atoms with Crippen molar-refractivity contribution in [2.24, 2.45) is 17.8 Å². The van der Waals surface area contributed by atoms with Crippen LogP contribution in [0.1, 0.15) is 79.9 Å². The second kappa shape index (κ2) is 9.74. The molecule has 0 aliphatic carbocycles. The Morgan fingerprint density at radius 3 is 2.00 bits per heavy atom. The Labute approximate surface area is 152 Å². The van der Waals surface area contributed by atoms with Crippen molar-refractivity contribution in [3.05, 3.63) is 34.4 Å². The number of aryl methyl sites for hydroxylation is 3. The fraction of sp³-hybridized carbons (Fsp3) is 0.636. The molecule has 2 unspecified atom stereocenters. The summed E-state index contributed by atoms with van der Waals surface area (Å²) in [5.41, 5.74) is 3.73. The van der Waals surface area contributed by atoms with E-state index in [1.54, 1.807) is 0 Å². The Kier molecular flexibility index (Phi) is 8.34. The summed E-state index contributed by atoms with van der Waals surface area (Å²) in [6, 6.07) is 4.02. The number of hydrogen-bond donors (Lipinski definition) is 1. The van der Waals surface area contributed by atoms with Gasteiger partial charge in [0.15, 0.2) is 5.78 Å². The highest BCUT2D eigenvalue weighted by molar-refractivity contribution is 6.02. The standard InChI is InChI=1S/C22H34O3/c1-7-8-9-10-11-18(22(24)25)19(14(2)3)21(23)20-16(5)12-15(4)13-17(20)6/h12-14,18-19H,7-11H2,1-6H3,(H,24,25). The first-order valence-electron chi connectivity index (χ1n) is 9.55. The van der Waals surface area contributed by atoms with Crippen LogP contribution in [0.15, 0.2) is 12.1 Å². The lowest BCUT2D eigenvalue weighted by Crippen LogP contribution is -2.34. The van der Waals surface area contributed by atoms with Gasteiger partial charge in [-0.3, -0.25) is 9.59 Å². The zero-order valence-electron chi connectivity index (χ0n) is 16.7. The molecule has 2 atom stereocenters. The zero-order chi connectivity index (χ0) is 19.1. The minimum absolute atomic E-state index is 0.000113. The number of carbonyl (C=O) groups is 2. The number of hydrogen-bond acceptors (Lipinski definition) is 2. The Balaban J connectivity index is 3.15. The molecule has 1 aromatic carbocycles. The molecular formula is C22H34O3. The molecule has 1 N–H and O–H groups in total. The van der Waals surface area contributed by atoms with Gasteiger partial charge in [-0.2, -0.15) is 0 Å². The second-order valence-corrected chi connectivity index (χ2v) is 7.70. The number of rotatable bonds is 10. The van der Waals surface area contributed by atoms with E-state index >= 15 is 0 Å². The van der Waals surface area contributed by atoms with Gasteiger partial charge in [0.1, 0.15) is 0 Å². The average Bonchev–Trinajstić information content (AvgIpc) is 2.48. The highest BCUT2D eigenvalue weighted by atomic mass is 16.4. The molecule has 0 spiro atoms. The van der Waals surface area contributed by atoms with E-state index in [2.05, 4.69) is 6.92 Å². The lowest BCUT2D eigenvalue weighted by atomic mass is 9.74. The Morgan fingerprint density at radius 2 is 1.56 bits per heavy atom. The summed E-state index contributed by atoms with van der Waals surface area (Å²) in [6.45, 7) is 12.0. The minimum atomic E-state index is -0.842. The lowest BCUT2D eigenvalue weighted by molar-refractivity contribution is -0.144. The zero-order valence-corrected chi connectivity index (χ0v) is 16.7. The van der Waals surface area contributed by atoms with Crippen LogP contribution in [-0.4, -0.2) is 16.9 Å². The molecule has 0 heterocycles. The van der Waals surface area contributed by atoms with Gasteiger partial charge >= 0.3 is 5.97 Å². The van der Waals surface area contributed by atoms with Gasteiger partial charge in [0.05, 0.1) is 5.92 Å². The summed E-state index contributed by atoms with van der Waals surface area (Å²) in [4.78, 5) is 25.2. The van der Waals surface area contributed by atoms with Crippen molar-refractivity contribution < 1.29 is 14.7 Å². The van der Waals surface area contributed by atoms with Gasteiger partial charge in [0.2, 0.25) is 0 Å². The molecule has 0 fully saturated rings. The number of carboxylic acids is 1. The van der Waals surface area contributed by atoms with Crippen LogP contribution in [0.2, 0.25) is 0 Å². The van der Waals surface area contributed by atoms with E-state index in [0.29, 0.717) is 12.0 Å². The molecule has 0 aromatic heterocycles. The van der Waals surface area contributed by atoms with E-state index < -0.39 is 17.8 Å². The molecule has 0 saturated heterocycles. The van der Waals surface area contributed by atoms with Crippen LogP contribution >= 0.6 is 0 Å². The van der Waals surface area contributed by atoms with Gasteiger partial charge in [-0.15, -0.1) is 0 Å². The highest BCUT2D eigenvalue weighted by Crippen LogP contribution is 2.32. The SMILES string of the molecule is CCCCCCC(C(=O)O)C(C(=O)c1c(C)cc(C)cc1C)C(C)C. The maximum atomic E-state index is 13.3. The molecule has 0 radical (unpaired) electrons. The van der Waals surface area contributed by atoms with Crippen LogP contribution in [0.3, 0.4) is 0 Å². The first kappa shape index (κ1) is 21.4. The predicted octanol–water partition coefficient (Wildman–Crippen LogP) is 5.74. The topological polar surface area (TPSA) is 54.4 Å². The van der Waals surface area contributed by atoms with E-state index in [1.807, 2.05) is 46.8 Å². The maximum Gasteiger partial charge on any atom is 0.307 e. The fourth-order valence-electron chi connectivity index (χ4n) is 3.93. The molecule has 140 valence electrons. The summed E-state index contributed by atoms with van der Waals surface area (Å²) < 4.78 is 0. The largest absolute Gasteiger partial charge is 0.481 e. The maximum absolute atomic E-state index is 13.3. The van der Waals surface area contributed by atoms with Crippen molar-refractivity contribution in [3.8, 4) is 0 Å². The molecular weight excluding hydrogens is 312 g/mol. The van der Waals surface area contributed by atoms with Crippen LogP contribution in [0, 0.1) is 38.5 Å². The molecule has 0 aliphatic rings. The third-order valence-corrected chi connectivity index (χ3v) is 5.06. The number of benzene rings is 1. The Morgan fingerprint density at radius 1 is 1.00 bits per heavy atom. The second-order valence-electron chi connectivity index (χ2n) is 7.70. The Hall–Kier alpha value is -1.64. The van der Waals surface area contributed by atoms with Crippen LogP contribution < -0.4 is 0 Å². The number of carbonyl (C=O) groups excluding carboxylic acids is 1. The Bertz CT molecular complexity index is 578. The van der Waals surface area contributed by atoms with Gasteiger partial charge in [-0.05, 0) is 44.2 Å². The van der Waals surface area contributed by atoms with Crippen molar-refractivity contribution in [1.29, 1.82) is 0 Å². The summed E-state index contributed by atoms with van der Waals surface area (Å²) in [7, 11) is 0. The van der Waals surface area contributed by atoms with Crippen molar-refractivity contribution in [1.82, 2.24) is 0 Å². The first-order chi connectivity index (χ1) is 11.7. The third kappa shape index (κ3) is 5.69. The number of Topliss-reactive ketones (excluding diaryl/α,β-unsaturated/α-hetero) is 1. The van der Waals surface area contributed by atoms with E-state index in [-0.39, 0.29) is 11.7 Å². The number of unbranched alkanes of at least 4 members (excludes halogenated alkanes) is 3. The van der Waals surface area contributed by atoms with E-state index in [1.165, 1.54) is 0 Å². The van der Waals surface area contributed by atoms with E-state index in [0.717, 1.165) is 42.4 Å². The van der Waals surface area contributed by atoms with Crippen molar-refractivity contribution in [3.63, 3.8) is 0 Å².